The van der Waals surface area contributed by atoms with Crippen LogP contribution in [0.4, 0.5) is 0 Å². The average Bonchev–Trinajstić information content (AvgIpc) is 2.63. The number of carbonyl (C=O) groups is 2. The minimum atomic E-state index is -0.541. The van der Waals surface area contributed by atoms with Gasteiger partial charge in [-0.3, -0.25) is 0 Å². The van der Waals surface area contributed by atoms with Gasteiger partial charge in [-0.25, -0.2) is 9.59 Å². The first-order valence-electron chi connectivity index (χ1n) is 8.29. The highest BCUT2D eigenvalue weighted by atomic mass is 79.9. The normalized spacial score (nSPS) is 10.3. The molecule has 0 unspecified atom stereocenters. The fourth-order valence-electron chi connectivity index (χ4n) is 2.29. The number of rotatable bonds is 8. The highest BCUT2D eigenvalue weighted by Gasteiger charge is 2.19. The number of halogens is 1. The molecule has 0 fully saturated rings. The van der Waals surface area contributed by atoms with Crippen molar-refractivity contribution in [1.82, 2.24) is 0 Å². The maximum Gasteiger partial charge on any atom is 0.339 e. The Morgan fingerprint density at radius 1 is 0.920 bits per heavy atom. The van der Waals surface area contributed by atoms with Gasteiger partial charge in [0.15, 0.2) is 0 Å². The highest BCUT2D eigenvalue weighted by molar-refractivity contribution is 9.10. The Morgan fingerprint density at radius 2 is 1.60 bits per heavy atom. The van der Waals surface area contributed by atoms with Crippen LogP contribution in [0.1, 0.15) is 52.5 Å². The molecular formula is C20H21BrO4. The van der Waals surface area contributed by atoms with E-state index in [0.29, 0.717) is 6.61 Å². The molecule has 2 aromatic carbocycles. The van der Waals surface area contributed by atoms with E-state index in [2.05, 4.69) is 22.9 Å². The smallest absolute Gasteiger partial charge is 0.339 e. The van der Waals surface area contributed by atoms with E-state index in [1.165, 1.54) is 0 Å². The molecule has 2 rings (SSSR count). The second-order valence-electron chi connectivity index (χ2n) is 5.59. The molecule has 0 aromatic heterocycles. The van der Waals surface area contributed by atoms with Crippen molar-refractivity contribution in [2.45, 2.75) is 32.8 Å². The first kappa shape index (κ1) is 19.2. The van der Waals surface area contributed by atoms with E-state index in [1.54, 1.807) is 24.3 Å². The van der Waals surface area contributed by atoms with Crippen LogP contribution in [0.2, 0.25) is 0 Å². The fraction of sp³-hybridized carbons (Fsp3) is 0.300. The van der Waals surface area contributed by atoms with Crippen LogP contribution in [0.25, 0.3) is 0 Å². The van der Waals surface area contributed by atoms with Gasteiger partial charge in [-0.05, 0) is 36.2 Å². The van der Waals surface area contributed by atoms with Gasteiger partial charge in [0.05, 0.1) is 17.7 Å². The third-order valence-electron chi connectivity index (χ3n) is 3.61. The monoisotopic (exact) mass is 404 g/mol. The lowest BCUT2D eigenvalue weighted by Crippen LogP contribution is -2.14. The number of hydrogen-bond acceptors (Lipinski definition) is 4. The van der Waals surface area contributed by atoms with Crippen molar-refractivity contribution in [2.75, 3.05) is 6.61 Å². The SMILES string of the molecule is CCCCCOC(=O)c1ccccc1C(=O)OCc1cccc(Br)c1. The molecular weight excluding hydrogens is 384 g/mol. The van der Waals surface area contributed by atoms with Gasteiger partial charge in [-0.2, -0.15) is 0 Å². The fourth-order valence-corrected chi connectivity index (χ4v) is 2.73. The van der Waals surface area contributed by atoms with Crippen LogP contribution in [0.15, 0.2) is 53.0 Å². The summed E-state index contributed by atoms with van der Waals surface area (Å²) in [6.45, 7) is 2.57. The molecule has 0 N–H and O–H groups in total. The van der Waals surface area contributed by atoms with E-state index in [-0.39, 0.29) is 17.7 Å². The van der Waals surface area contributed by atoms with Gasteiger partial charge in [0.2, 0.25) is 0 Å². The largest absolute Gasteiger partial charge is 0.462 e. The van der Waals surface area contributed by atoms with Gasteiger partial charge in [0.25, 0.3) is 0 Å². The van der Waals surface area contributed by atoms with E-state index in [1.807, 2.05) is 24.3 Å². The van der Waals surface area contributed by atoms with Crippen molar-refractivity contribution in [2.24, 2.45) is 0 Å². The molecule has 4 nitrogen and oxygen atoms in total. The molecule has 0 saturated heterocycles. The quantitative estimate of drug-likeness (QED) is 0.450. The third-order valence-corrected chi connectivity index (χ3v) is 4.10. The first-order chi connectivity index (χ1) is 12.1. The average molecular weight is 405 g/mol. The van der Waals surface area contributed by atoms with Gasteiger partial charge in [-0.1, -0.05) is 60.0 Å². The third kappa shape index (κ3) is 6.02. The summed E-state index contributed by atoms with van der Waals surface area (Å²) in [4.78, 5) is 24.6. The lowest BCUT2D eigenvalue weighted by atomic mass is 10.1. The van der Waals surface area contributed by atoms with Crippen molar-refractivity contribution in [3.8, 4) is 0 Å². The molecule has 5 heteroatoms. The predicted molar refractivity (Wildman–Crippen MR) is 99.5 cm³/mol. The number of hydrogen-bond donors (Lipinski definition) is 0. The molecule has 0 bridgehead atoms. The van der Waals surface area contributed by atoms with Crippen molar-refractivity contribution >= 4 is 27.9 Å². The number of ether oxygens (including phenoxy) is 2. The molecule has 0 saturated carbocycles. The standard InChI is InChI=1S/C20H21BrO4/c1-2-3-6-12-24-19(22)17-10-4-5-11-18(17)20(23)25-14-15-8-7-9-16(21)13-15/h4-5,7-11,13H,2-3,6,12,14H2,1H3. The minimum absolute atomic E-state index is 0.137. The van der Waals surface area contributed by atoms with Crippen LogP contribution >= 0.6 is 15.9 Å². The summed E-state index contributed by atoms with van der Waals surface area (Å²) in [5, 5.41) is 0. The van der Waals surface area contributed by atoms with Crippen LogP contribution in [-0.4, -0.2) is 18.5 Å². The maximum atomic E-state index is 12.4. The topological polar surface area (TPSA) is 52.6 Å². The Kier molecular flexibility index (Phi) is 7.67. The van der Waals surface area contributed by atoms with E-state index in [9.17, 15) is 9.59 Å². The Balaban J connectivity index is 2.00. The van der Waals surface area contributed by atoms with Gasteiger partial charge >= 0.3 is 11.9 Å². The van der Waals surface area contributed by atoms with Crippen molar-refractivity contribution in [1.29, 1.82) is 0 Å². The van der Waals surface area contributed by atoms with Gasteiger partial charge in [0, 0.05) is 4.47 Å². The summed E-state index contributed by atoms with van der Waals surface area (Å²) >= 11 is 3.38. The highest BCUT2D eigenvalue weighted by Crippen LogP contribution is 2.16. The lowest BCUT2D eigenvalue weighted by Gasteiger charge is -2.10. The summed E-state index contributed by atoms with van der Waals surface area (Å²) in [7, 11) is 0. The Morgan fingerprint density at radius 3 is 2.24 bits per heavy atom. The molecule has 25 heavy (non-hydrogen) atoms. The summed E-state index contributed by atoms with van der Waals surface area (Å²) < 4.78 is 11.5. The van der Waals surface area contributed by atoms with E-state index in [4.69, 9.17) is 9.47 Å². The van der Waals surface area contributed by atoms with E-state index < -0.39 is 11.9 Å². The number of carbonyl (C=O) groups excluding carboxylic acids is 2. The van der Waals surface area contributed by atoms with Crippen molar-refractivity contribution in [3.63, 3.8) is 0 Å². The van der Waals surface area contributed by atoms with Gasteiger partial charge in [-0.15, -0.1) is 0 Å². The number of benzene rings is 2. The molecule has 0 radical (unpaired) electrons. The molecule has 0 atom stereocenters. The second kappa shape index (κ2) is 9.99. The zero-order valence-electron chi connectivity index (χ0n) is 14.2. The van der Waals surface area contributed by atoms with Crippen molar-refractivity contribution < 1.29 is 19.1 Å². The van der Waals surface area contributed by atoms with Crippen LogP contribution in [0, 0.1) is 0 Å². The zero-order chi connectivity index (χ0) is 18.1. The second-order valence-corrected chi connectivity index (χ2v) is 6.51. The van der Waals surface area contributed by atoms with Crippen molar-refractivity contribution in [3.05, 3.63) is 69.7 Å². The molecule has 132 valence electrons. The Hall–Kier alpha value is -2.14. The van der Waals surface area contributed by atoms with Crippen LogP contribution in [-0.2, 0) is 16.1 Å². The lowest BCUT2D eigenvalue weighted by molar-refractivity contribution is 0.0436. The number of unbranched alkanes of at least 4 members (excludes halogenated alkanes) is 2. The molecule has 0 spiro atoms. The van der Waals surface area contributed by atoms with E-state index in [0.717, 1.165) is 29.3 Å². The van der Waals surface area contributed by atoms with Crippen LogP contribution < -0.4 is 0 Å². The summed E-state index contributed by atoms with van der Waals surface area (Å²) in [6.07, 6.45) is 2.87. The molecule has 0 heterocycles. The van der Waals surface area contributed by atoms with E-state index >= 15 is 0 Å². The summed E-state index contributed by atoms with van der Waals surface area (Å²) in [5.41, 5.74) is 1.32. The summed E-state index contributed by atoms with van der Waals surface area (Å²) in [5.74, 6) is -1.04. The van der Waals surface area contributed by atoms with Gasteiger partial charge < -0.3 is 9.47 Å². The minimum Gasteiger partial charge on any atom is -0.462 e. The predicted octanol–water partition coefficient (Wildman–Crippen LogP) is 5.15. The molecule has 0 aliphatic carbocycles. The molecule has 0 aliphatic heterocycles. The molecule has 2 aromatic rings. The van der Waals surface area contributed by atoms with Gasteiger partial charge in [0.1, 0.15) is 6.61 Å². The Labute approximate surface area is 156 Å². The van der Waals surface area contributed by atoms with Crippen LogP contribution in [0.3, 0.4) is 0 Å². The maximum absolute atomic E-state index is 12.4. The van der Waals surface area contributed by atoms with Crippen LogP contribution in [0.5, 0.6) is 0 Å². The number of esters is 2. The Bertz CT molecular complexity index is 727. The molecule has 0 amide bonds. The molecule has 0 aliphatic rings. The first-order valence-corrected chi connectivity index (χ1v) is 9.09. The zero-order valence-corrected chi connectivity index (χ0v) is 15.8. The summed E-state index contributed by atoms with van der Waals surface area (Å²) in [6, 6.07) is 14.1.